The molecule has 254 valence electrons. The van der Waals surface area contributed by atoms with Gasteiger partial charge >= 0.3 is 17.6 Å². The number of nitrogens with zero attached hydrogens (tertiary/aromatic N) is 3. The van der Waals surface area contributed by atoms with Crippen molar-refractivity contribution in [3.8, 4) is 0 Å². The van der Waals surface area contributed by atoms with Gasteiger partial charge in [0.25, 0.3) is 5.91 Å². The van der Waals surface area contributed by atoms with E-state index < -0.39 is 41.4 Å². The monoisotopic (exact) mass is 672 g/mol. The molecular weight excluding hydrogens is 636 g/mol. The fourth-order valence-electron chi connectivity index (χ4n) is 6.37. The van der Waals surface area contributed by atoms with E-state index >= 15 is 0 Å². The summed E-state index contributed by atoms with van der Waals surface area (Å²) in [6.45, 7) is 0.335. The highest BCUT2D eigenvalue weighted by molar-refractivity contribution is 6.03. The van der Waals surface area contributed by atoms with Gasteiger partial charge in [-0.3, -0.25) is 23.9 Å². The molecule has 11 nitrogen and oxygen atoms in total. The average Bonchev–Trinajstić information content (AvgIpc) is 3.15. The van der Waals surface area contributed by atoms with Gasteiger partial charge in [0.05, 0.1) is 18.4 Å². The highest BCUT2D eigenvalue weighted by Gasteiger charge is 2.46. The summed E-state index contributed by atoms with van der Waals surface area (Å²) in [6, 6.07) is 40.2. The van der Waals surface area contributed by atoms with Crippen molar-refractivity contribution in [3.63, 3.8) is 0 Å². The number of esters is 1. The molecule has 1 saturated heterocycles. The van der Waals surface area contributed by atoms with Crippen molar-refractivity contribution in [2.75, 3.05) is 25.0 Å². The Balaban J connectivity index is 1.40. The first-order valence-corrected chi connectivity index (χ1v) is 16.2. The van der Waals surface area contributed by atoms with Crippen LogP contribution >= 0.6 is 0 Å². The van der Waals surface area contributed by atoms with Gasteiger partial charge in [0.2, 0.25) is 0 Å². The number of carbonyl (C=O) groups is 3. The summed E-state index contributed by atoms with van der Waals surface area (Å²) < 4.78 is 13.3. The number of benzene rings is 4. The standard InChI is InChI=1S/C39H36N4O7/c44-35(45)21-22-36(46)49-27-32-25-42(26-34(50-32)43-24-23-33(41-38(43)48)40-37(47)28-13-5-1-6-14-28)39(29-15-7-2-8-16-29,30-17-9-3-10-18-30)31-19-11-4-12-20-31/h1-20,23-24,32,34H,21-22,25-27H2,(H,44,45)(H,40,41,47,48)/t32-,34?/m0/s1. The molecule has 1 aromatic heterocycles. The molecule has 2 atom stereocenters. The van der Waals surface area contributed by atoms with Gasteiger partial charge < -0.3 is 19.9 Å². The minimum atomic E-state index is -1.10. The molecule has 1 amide bonds. The number of aliphatic carboxylic acids is 1. The molecule has 0 spiro atoms. The van der Waals surface area contributed by atoms with Crippen molar-refractivity contribution in [1.82, 2.24) is 14.5 Å². The number of aromatic nitrogens is 2. The van der Waals surface area contributed by atoms with Crippen LogP contribution in [0.1, 0.15) is 46.1 Å². The van der Waals surface area contributed by atoms with E-state index in [0.717, 1.165) is 16.7 Å². The van der Waals surface area contributed by atoms with Crippen molar-refractivity contribution >= 4 is 23.7 Å². The number of carboxylic acid groups (broad SMARTS) is 1. The van der Waals surface area contributed by atoms with E-state index in [1.54, 1.807) is 30.3 Å². The van der Waals surface area contributed by atoms with E-state index in [2.05, 4.69) is 51.6 Å². The number of hydrogen-bond acceptors (Lipinski definition) is 8. The fourth-order valence-corrected chi connectivity index (χ4v) is 6.37. The Morgan fingerprint density at radius 3 is 1.84 bits per heavy atom. The molecule has 1 aliphatic heterocycles. The van der Waals surface area contributed by atoms with E-state index in [0.29, 0.717) is 5.56 Å². The molecule has 6 rings (SSSR count). The molecule has 11 heteroatoms. The Morgan fingerprint density at radius 1 is 0.780 bits per heavy atom. The Labute approximate surface area is 288 Å². The molecule has 0 saturated carbocycles. The zero-order chi connectivity index (χ0) is 34.9. The van der Waals surface area contributed by atoms with Gasteiger partial charge in [-0.1, -0.05) is 109 Å². The fraction of sp³-hybridized carbons (Fsp3) is 0.205. The maximum absolute atomic E-state index is 13.6. The third-order valence-corrected chi connectivity index (χ3v) is 8.59. The predicted octanol–water partition coefficient (Wildman–Crippen LogP) is 5.10. The average molecular weight is 673 g/mol. The van der Waals surface area contributed by atoms with Gasteiger partial charge in [0.1, 0.15) is 18.5 Å². The predicted molar refractivity (Wildman–Crippen MR) is 185 cm³/mol. The van der Waals surface area contributed by atoms with Crippen LogP contribution in [0.25, 0.3) is 0 Å². The summed E-state index contributed by atoms with van der Waals surface area (Å²) in [4.78, 5) is 56.3. The Hall–Kier alpha value is -5.91. The van der Waals surface area contributed by atoms with Gasteiger partial charge in [-0.25, -0.2) is 4.79 Å². The van der Waals surface area contributed by atoms with Crippen molar-refractivity contribution < 1.29 is 29.0 Å². The lowest BCUT2D eigenvalue weighted by Crippen LogP contribution is -2.58. The van der Waals surface area contributed by atoms with Crippen molar-refractivity contribution in [1.29, 1.82) is 0 Å². The minimum Gasteiger partial charge on any atom is -0.481 e. The molecule has 1 fully saturated rings. The van der Waals surface area contributed by atoms with Crippen molar-refractivity contribution in [2.24, 2.45) is 0 Å². The number of rotatable bonds is 12. The number of anilines is 1. The summed E-state index contributed by atoms with van der Waals surface area (Å²) in [5, 5.41) is 11.7. The first-order chi connectivity index (χ1) is 24.3. The maximum Gasteiger partial charge on any atom is 0.351 e. The molecule has 50 heavy (non-hydrogen) atoms. The largest absolute Gasteiger partial charge is 0.481 e. The van der Waals surface area contributed by atoms with Crippen LogP contribution in [0, 0.1) is 0 Å². The lowest BCUT2D eigenvalue weighted by molar-refractivity contribution is -0.171. The van der Waals surface area contributed by atoms with Crippen LogP contribution < -0.4 is 11.0 Å². The number of amides is 1. The quantitative estimate of drug-likeness (QED) is 0.137. The van der Waals surface area contributed by atoms with E-state index in [-0.39, 0.29) is 38.4 Å². The van der Waals surface area contributed by atoms with E-state index in [4.69, 9.17) is 14.6 Å². The summed E-state index contributed by atoms with van der Waals surface area (Å²) in [5.74, 6) is -2.08. The molecule has 5 aromatic rings. The Morgan fingerprint density at radius 2 is 1.32 bits per heavy atom. The third kappa shape index (κ3) is 7.54. The zero-order valence-electron chi connectivity index (χ0n) is 27.1. The molecular formula is C39H36N4O7. The van der Waals surface area contributed by atoms with Gasteiger partial charge in [0, 0.05) is 24.8 Å². The number of morpholine rings is 1. The van der Waals surface area contributed by atoms with Crippen LogP contribution in [0.2, 0.25) is 0 Å². The molecule has 1 aliphatic rings. The summed E-state index contributed by atoms with van der Waals surface area (Å²) in [7, 11) is 0. The van der Waals surface area contributed by atoms with Gasteiger partial charge in [-0.15, -0.1) is 0 Å². The Bertz CT molecular complexity index is 1880. The van der Waals surface area contributed by atoms with Crippen LogP contribution in [-0.2, 0) is 24.6 Å². The second-order valence-electron chi connectivity index (χ2n) is 11.8. The lowest BCUT2D eigenvalue weighted by Gasteiger charge is -2.50. The van der Waals surface area contributed by atoms with Crippen molar-refractivity contribution in [3.05, 3.63) is 166 Å². The molecule has 2 heterocycles. The second kappa shape index (κ2) is 15.5. The maximum atomic E-state index is 13.6. The minimum absolute atomic E-state index is 0.0869. The third-order valence-electron chi connectivity index (χ3n) is 8.59. The zero-order valence-corrected chi connectivity index (χ0v) is 27.1. The number of carbonyl (C=O) groups excluding carboxylic acids is 2. The van der Waals surface area contributed by atoms with Crippen LogP contribution in [-0.4, -0.2) is 63.2 Å². The first kappa shape index (κ1) is 34.0. The molecule has 0 aliphatic carbocycles. The van der Waals surface area contributed by atoms with E-state index in [9.17, 15) is 19.2 Å². The summed E-state index contributed by atoms with van der Waals surface area (Å²) >= 11 is 0. The normalized spacial score (nSPS) is 16.3. The summed E-state index contributed by atoms with van der Waals surface area (Å²) in [6.07, 6.45) is -0.721. The van der Waals surface area contributed by atoms with E-state index in [1.807, 2.05) is 54.6 Å². The van der Waals surface area contributed by atoms with Crippen LogP contribution in [0.3, 0.4) is 0 Å². The van der Waals surface area contributed by atoms with E-state index in [1.165, 1.54) is 16.8 Å². The first-order valence-electron chi connectivity index (χ1n) is 16.2. The molecule has 0 bridgehead atoms. The smallest absolute Gasteiger partial charge is 0.351 e. The topological polar surface area (TPSA) is 140 Å². The molecule has 1 unspecified atom stereocenters. The van der Waals surface area contributed by atoms with Crippen LogP contribution in [0.5, 0.6) is 0 Å². The Kier molecular flexibility index (Phi) is 10.6. The van der Waals surface area contributed by atoms with Crippen LogP contribution in [0.4, 0.5) is 5.82 Å². The molecule has 2 N–H and O–H groups in total. The summed E-state index contributed by atoms with van der Waals surface area (Å²) in [5.41, 5.74) is 1.81. The van der Waals surface area contributed by atoms with Gasteiger partial charge in [-0.05, 0) is 34.9 Å². The number of ether oxygens (including phenoxy) is 2. The van der Waals surface area contributed by atoms with Gasteiger partial charge in [0.15, 0.2) is 6.23 Å². The molecule has 0 radical (unpaired) electrons. The number of nitrogens with one attached hydrogen (secondary N) is 1. The number of hydrogen-bond donors (Lipinski definition) is 2. The van der Waals surface area contributed by atoms with Crippen molar-refractivity contribution in [2.45, 2.75) is 30.7 Å². The van der Waals surface area contributed by atoms with Gasteiger partial charge in [-0.2, -0.15) is 4.98 Å². The van der Waals surface area contributed by atoms with Crippen LogP contribution in [0.15, 0.2) is 138 Å². The lowest BCUT2D eigenvalue weighted by atomic mass is 9.75. The number of carboxylic acids is 1. The second-order valence-corrected chi connectivity index (χ2v) is 11.8. The highest BCUT2D eigenvalue weighted by atomic mass is 16.6. The highest BCUT2D eigenvalue weighted by Crippen LogP contribution is 2.44. The molecule has 4 aromatic carbocycles. The SMILES string of the molecule is O=C(O)CCC(=O)OC[C@@H]1CN(C(c2ccccc2)(c2ccccc2)c2ccccc2)CC(n2ccc(NC(=O)c3ccccc3)nc2=O)O1.